The Hall–Kier alpha value is -2.34. The van der Waals surface area contributed by atoms with Crippen LogP contribution in [0.25, 0.3) is 11.0 Å². The van der Waals surface area contributed by atoms with Crippen LogP contribution >= 0.6 is 0 Å². The average molecular weight is 385 g/mol. The molecule has 1 aromatic heterocycles. The van der Waals surface area contributed by atoms with Gasteiger partial charge in [0, 0.05) is 18.7 Å². The summed E-state index contributed by atoms with van der Waals surface area (Å²) >= 11 is 0. The van der Waals surface area contributed by atoms with Crippen molar-refractivity contribution in [2.45, 2.75) is 44.7 Å². The molecule has 0 radical (unpaired) electrons. The summed E-state index contributed by atoms with van der Waals surface area (Å²) in [5, 5.41) is 0. The Labute approximate surface area is 161 Å². The normalized spacial score (nSPS) is 18.1. The summed E-state index contributed by atoms with van der Waals surface area (Å²) in [6.07, 6.45) is 3.57. The summed E-state index contributed by atoms with van der Waals surface area (Å²) in [7, 11) is 0. The first-order valence-corrected chi connectivity index (χ1v) is 9.93. The summed E-state index contributed by atoms with van der Waals surface area (Å²) in [6, 6.07) is 7.04. The number of hydrogen-bond donors (Lipinski definition) is 0. The molecule has 0 spiro atoms. The lowest BCUT2D eigenvalue weighted by Gasteiger charge is -2.32. The molecule has 146 valence electrons. The Balaban J connectivity index is 1.33. The van der Waals surface area contributed by atoms with Crippen molar-refractivity contribution in [1.82, 2.24) is 14.5 Å². The molecule has 0 amide bonds. The summed E-state index contributed by atoms with van der Waals surface area (Å²) in [5.74, 6) is -0.0993. The minimum Gasteiger partial charge on any atom is -0.327 e. The molecule has 2 aromatic carbocycles. The second-order valence-electron chi connectivity index (χ2n) is 7.93. The van der Waals surface area contributed by atoms with Gasteiger partial charge in [-0.15, -0.1) is 0 Å². The van der Waals surface area contributed by atoms with Crippen LogP contribution in [0.3, 0.4) is 0 Å². The summed E-state index contributed by atoms with van der Waals surface area (Å²) in [6.45, 7) is 3.31. The van der Waals surface area contributed by atoms with Gasteiger partial charge in [0.2, 0.25) is 0 Å². The molecular weight excluding hydrogens is 363 g/mol. The van der Waals surface area contributed by atoms with Crippen molar-refractivity contribution in [2.24, 2.45) is 0 Å². The zero-order valence-electron chi connectivity index (χ0n) is 15.6. The molecule has 2 aliphatic rings. The highest BCUT2D eigenvalue weighted by Crippen LogP contribution is 2.32. The van der Waals surface area contributed by atoms with E-state index in [0.29, 0.717) is 12.1 Å². The summed E-state index contributed by atoms with van der Waals surface area (Å²) in [5.41, 5.74) is 3.48. The van der Waals surface area contributed by atoms with Gasteiger partial charge in [0.25, 0.3) is 0 Å². The number of imidazole rings is 1. The van der Waals surface area contributed by atoms with Gasteiger partial charge in [-0.2, -0.15) is 0 Å². The zero-order chi connectivity index (χ0) is 19.3. The first-order valence-electron chi connectivity index (χ1n) is 9.93. The fraction of sp³-hybridized carbons (Fsp3) is 0.409. The van der Waals surface area contributed by atoms with Gasteiger partial charge in [-0.3, -0.25) is 4.90 Å². The maximum absolute atomic E-state index is 14.1. The Morgan fingerprint density at radius 3 is 2.57 bits per heavy atom. The van der Waals surface area contributed by atoms with Crippen molar-refractivity contribution >= 4 is 11.0 Å². The van der Waals surface area contributed by atoms with E-state index < -0.39 is 11.6 Å². The van der Waals surface area contributed by atoms with E-state index in [1.807, 2.05) is 0 Å². The number of hydrogen-bond acceptors (Lipinski definition) is 2. The molecule has 0 unspecified atom stereocenters. The van der Waals surface area contributed by atoms with Crippen molar-refractivity contribution < 1.29 is 13.2 Å². The van der Waals surface area contributed by atoms with Crippen LogP contribution in [0.5, 0.6) is 0 Å². The van der Waals surface area contributed by atoms with E-state index in [-0.39, 0.29) is 11.7 Å². The van der Waals surface area contributed by atoms with Gasteiger partial charge in [-0.25, -0.2) is 18.2 Å². The summed E-state index contributed by atoms with van der Waals surface area (Å²) < 4.78 is 43.3. The number of likely N-dealkylation sites (tertiary alicyclic amines) is 1. The van der Waals surface area contributed by atoms with Gasteiger partial charge in [0.1, 0.15) is 23.3 Å². The number of halogens is 3. The molecule has 3 nitrogen and oxygen atoms in total. The predicted octanol–water partition coefficient (Wildman–Crippen LogP) is 4.78. The van der Waals surface area contributed by atoms with E-state index in [2.05, 4.69) is 9.47 Å². The molecule has 1 saturated heterocycles. The minimum absolute atomic E-state index is 0.121. The molecule has 6 heteroatoms. The Morgan fingerprint density at radius 1 is 0.964 bits per heavy atom. The largest absolute Gasteiger partial charge is 0.327 e. The van der Waals surface area contributed by atoms with Gasteiger partial charge in [0.15, 0.2) is 0 Å². The van der Waals surface area contributed by atoms with Crippen molar-refractivity contribution in [3.8, 4) is 0 Å². The second-order valence-corrected chi connectivity index (χ2v) is 7.93. The van der Waals surface area contributed by atoms with Gasteiger partial charge < -0.3 is 4.57 Å². The topological polar surface area (TPSA) is 21.1 Å². The highest BCUT2D eigenvalue weighted by Gasteiger charge is 2.25. The third-order valence-electron chi connectivity index (χ3n) is 6.15. The van der Waals surface area contributed by atoms with Crippen LogP contribution in [-0.4, -0.2) is 27.5 Å². The lowest BCUT2D eigenvalue weighted by molar-refractivity contribution is 0.196. The minimum atomic E-state index is -0.533. The molecule has 0 atom stereocenters. The predicted molar refractivity (Wildman–Crippen MR) is 102 cm³/mol. The van der Waals surface area contributed by atoms with Crippen molar-refractivity contribution in [2.75, 3.05) is 13.1 Å². The van der Waals surface area contributed by atoms with Crippen molar-refractivity contribution in [3.63, 3.8) is 0 Å². The molecule has 1 fully saturated rings. The van der Waals surface area contributed by atoms with Crippen molar-refractivity contribution in [3.05, 3.63) is 64.7 Å². The van der Waals surface area contributed by atoms with Crippen LogP contribution in [0.1, 0.15) is 42.1 Å². The molecule has 3 heterocycles. The smallest absolute Gasteiger partial charge is 0.129 e. The fourth-order valence-electron chi connectivity index (χ4n) is 4.78. The Kier molecular flexibility index (Phi) is 4.38. The average Bonchev–Trinajstić information content (AvgIpc) is 3.01. The number of nitrogens with zero attached hydrogens (tertiary/aromatic N) is 3. The van der Waals surface area contributed by atoms with Crippen LogP contribution in [0.2, 0.25) is 0 Å². The van der Waals surface area contributed by atoms with Crippen molar-refractivity contribution in [1.29, 1.82) is 0 Å². The van der Waals surface area contributed by atoms with Gasteiger partial charge in [-0.05, 0) is 68.0 Å². The molecule has 0 bridgehead atoms. The molecule has 2 aliphatic heterocycles. The van der Waals surface area contributed by atoms with Crippen LogP contribution < -0.4 is 0 Å². The third kappa shape index (κ3) is 3.09. The third-order valence-corrected chi connectivity index (χ3v) is 6.15. The first-order chi connectivity index (χ1) is 13.6. The molecule has 5 rings (SSSR count). The standard InChI is InChI=1S/C22H22F3N3/c23-16-3-4-18(19(25)11-16)14-5-8-27(9-6-14)13-21-26-20-12-17(24)10-15-2-1-7-28(21)22(15)20/h3-4,10-12,14H,1-2,5-9,13H2. The Morgan fingerprint density at radius 2 is 1.79 bits per heavy atom. The highest BCUT2D eigenvalue weighted by atomic mass is 19.1. The van der Waals surface area contributed by atoms with Gasteiger partial charge in [0.05, 0.1) is 17.6 Å². The van der Waals surface area contributed by atoms with Gasteiger partial charge in [-0.1, -0.05) is 6.07 Å². The SMILES string of the molecule is Fc1ccc(C2CCN(Cc3nc4cc(F)cc5c4n3CCC5)CC2)c(F)c1. The lowest BCUT2D eigenvalue weighted by atomic mass is 9.89. The number of benzene rings is 2. The highest BCUT2D eigenvalue weighted by molar-refractivity contribution is 5.80. The van der Waals surface area contributed by atoms with Gasteiger partial charge >= 0.3 is 0 Å². The van der Waals surface area contributed by atoms with Crippen LogP contribution in [-0.2, 0) is 19.5 Å². The first kappa shape index (κ1) is 17.7. The van der Waals surface area contributed by atoms with Crippen LogP contribution in [0.4, 0.5) is 13.2 Å². The summed E-state index contributed by atoms with van der Waals surface area (Å²) in [4.78, 5) is 7.05. The zero-order valence-corrected chi connectivity index (χ0v) is 15.6. The molecule has 0 aliphatic carbocycles. The molecule has 3 aromatic rings. The number of aryl methyl sites for hydroxylation is 2. The number of rotatable bonds is 3. The van der Waals surface area contributed by atoms with E-state index in [1.165, 1.54) is 12.1 Å². The van der Waals surface area contributed by atoms with Crippen LogP contribution in [0, 0.1) is 17.5 Å². The van der Waals surface area contributed by atoms with E-state index in [4.69, 9.17) is 4.98 Å². The van der Waals surface area contributed by atoms with E-state index in [0.717, 1.165) is 73.8 Å². The molecule has 28 heavy (non-hydrogen) atoms. The van der Waals surface area contributed by atoms with E-state index >= 15 is 0 Å². The molecule has 0 N–H and O–H groups in total. The monoisotopic (exact) mass is 385 g/mol. The van der Waals surface area contributed by atoms with Crippen LogP contribution in [0.15, 0.2) is 30.3 Å². The lowest BCUT2D eigenvalue weighted by Crippen LogP contribution is -2.33. The fourth-order valence-corrected chi connectivity index (χ4v) is 4.78. The Bertz CT molecular complexity index is 1040. The number of aromatic nitrogens is 2. The number of piperidine rings is 1. The van der Waals surface area contributed by atoms with E-state index in [1.54, 1.807) is 12.1 Å². The molecular formula is C22H22F3N3. The maximum atomic E-state index is 14.1. The quantitative estimate of drug-likeness (QED) is 0.647. The maximum Gasteiger partial charge on any atom is 0.129 e. The second kappa shape index (κ2) is 6.92. The molecule has 0 saturated carbocycles. The van der Waals surface area contributed by atoms with E-state index in [9.17, 15) is 13.2 Å².